The molecule has 1 saturated carbocycles. The minimum absolute atomic E-state index is 0.167. The Balaban J connectivity index is 1.45. The summed E-state index contributed by atoms with van der Waals surface area (Å²) in [5.41, 5.74) is 0. The number of rotatable bonds is 4. The van der Waals surface area contributed by atoms with Crippen molar-refractivity contribution < 1.29 is 4.79 Å². The Labute approximate surface area is 103 Å². The van der Waals surface area contributed by atoms with Crippen molar-refractivity contribution in [2.45, 2.75) is 50.6 Å². The topological polar surface area (TPSA) is 44.4 Å². The number of carbonyl (C=O) groups is 1. The lowest BCUT2D eigenvalue weighted by Gasteiger charge is -2.30. The third kappa shape index (κ3) is 2.41. The lowest BCUT2D eigenvalue weighted by molar-refractivity contribution is 0.214. The first kappa shape index (κ1) is 11.3. The predicted octanol–water partition coefficient (Wildman–Crippen LogP) is 1.32. The molecule has 2 heterocycles. The van der Waals surface area contributed by atoms with Crippen LogP contribution >= 0.6 is 0 Å². The summed E-state index contributed by atoms with van der Waals surface area (Å²) in [7, 11) is 0. The zero-order valence-electron chi connectivity index (χ0n) is 10.5. The van der Waals surface area contributed by atoms with Crippen molar-refractivity contribution >= 4 is 6.03 Å². The molecule has 2 N–H and O–H groups in total. The van der Waals surface area contributed by atoms with Crippen LogP contribution in [-0.2, 0) is 0 Å². The van der Waals surface area contributed by atoms with Gasteiger partial charge in [0.05, 0.1) is 6.04 Å². The van der Waals surface area contributed by atoms with Crippen LogP contribution in [0.4, 0.5) is 4.79 Å². The van der Waals surface area contributed by atoms with Crippen LogP contribution in [0.15, 0.2) is 0 Å². The second-order valence-electron chi connectivity index (χ2n) is 5.77. The van der Waals surface area contributed by atoms with Gasteiger partial charge in [-0.1, -0.05) is 6.42 Å². The number of urea groups is 1. The Morgan fingerprint density at radius 1 is 1.24 bits per heavy atom. The van der Waals surface area contributed by atoms with Crippen molar-refractivity contribution in [3.8, 4) is 0 Å². The highest BCUT2D eigenvalue weighted by molar-refractivity contribution is 5.76. The van der Waals surface area contributed by atoms with Crippen molar-refractivity contribution in [1.29, 1.82) is 0 Å². The first-order valence-electron chi connectivity index (χ1n) is 7.12. The van der Waals surface area contributed by atoms with Crippen molar-refractivity contribution in [2.75, 3.05) is 19.6 Å². The Hall–Kier alpha value is -0.770. The number of amides is 2. The highest BCUT2D eigenvalue weighted by Gasteiger charge is 2.36. The Bertz CT molecular complexity index is 284. The fraction of sp³-hybridized carbons (Fsp3) is 0.923. The van der Waals surface area contributed by atoms with Crippen LogP contribution in [0.1, 0.15) is 38.5 Å². The zero-order chi connectivity index (χ0) is 11.7. The monoisotopic (exact) mass is 237 g/mol. The maximum absolute atomic E-state index is 11.8. The molecule has 0 aromatic heterocycles. The maximum atomic E-state index is 11.8. The van der Waals surface area contributed by atoms with Gasteiger partial charge in [-0.15, -0.1) is 0 Å². The SMILES string of the molecule is O=C1NC(C2CCC2)CN1CCC1CCCN1. The Morgan fingerprint density at radius 2 is 2.12 bits per heavy atom. The number of hydrogen-bond donors (Lipinski definition) is 2. The second kappa shape index (κ2) is 4.84. The third-order valence-corrected chi connectivity index (χ3v) is 4.64. The van der Waals surface area contributed by atoms with Gasteiger partial charge in [0.2, 0.25) is 0 Å². The van der Waals surface area contributed by atoms with Crippen LogP contribution in [0.25, 0.3) is 0 Å². The maximum Gasteiger partial charge on any atom is 0.317 e. The van der Waals surface area contributed by atoms with Crippen LogP contribution < -0.4 is 10.6 Å². The Kier molecular flexibility index (Phi) is 3.23. The molecule has 2 aliphatic heterocycles. The van der Waals surface area contributed by atoms with Gasteiger partial charge in [-0.3, -0.25) is 0 Å². The van der Waals surface area contributed by atoms with E-state index in [0.717, 1.165) is 32.0 Å². The second-order valence-corrected chi connectivity index (χ2v) is 5.77. The molecule has 0 spiro atoms. The Morgan fingerprint density at radius 3 is 2.76 bits per heavy atom. The predicted molar refractivity (Wildman–Crippen MR) is 66.9 cm³/mol. The molecule has 0 radical (unpaired) electrons. The number of hydrogen-bond acceptors (Lipinski definition) is 2. The lowest BCUT2D eigenvalue weighted by atomic mass is 9.80. The zero-order valence-corrected chi connectivity index (χ0v) is 10.5. The van der Waals surface area contributed by atoms with Crippen LogP contribution in [0.3, 0.4) is 0 Å². The summed E-state index contributed by atoms with van der Waals surface area (Å²) < 4.78 is 0. The summed E-state index contributed by atoms with van der Waals surface area (Å²) in [5, 5.41) is 6.64. The van der Waals surface area contributed by atoms with E-state index in [4.69, 9.17) is 0 Å². The van der Waals surface area contributed by atoms with E-state index in [0.29, 0.717) is 12.1 Å². The lowest BCUT2D eigenvalue weighted by Crippen LogP contribution is -2.37. The van der Waals surface area contributed by atoms with Crippen LogP contribution in [0.5, 0.6) is 0 Å². The number of carbonyl (C=O) groups excluding carboxylic acids is 1. The summed E-state index contributed by atoms with van der Waals surface area (Å²) >= 11 is 0. The molecule has 2 atom stereocenters. The first-order valence-corrected chi connectivity index (χ1v) is 7.12. The molecule has 1 aliphatic carbocycles. The van der Waals surface area contributed by atoms with E-state index < -0.39 is 0 Å². The van der Waals surface area contributed by atoms with E-state index in [1.54, 1.807) is 0 Å². The third-order valence-electron chi connectivity index (χ3n) is 4.64. The van der Waals surface area contributed by atoms with E-state index in [1.165, 1.54) is 32.1 Å². The van der Waals surface area contributed by atoms with Gasteiger partial charge >= 0.3 is 6.03 Å². The van der Waals surface area contributed by atoms with Gasteiger partial charge < -0.3 is 15.5 Å². The molecule has 3 rings (SSSR count). The minimum Gasteiger partial charge on any atom is -0.333 e. The molecule has 0 aromatic rings. The summed E-state index contributed by atoms with van der Waals surface area (Å²) in [6.45, 7) is 3.02. The van der Waals surface area contributed by atoms with E-state index in [1.807, 2.05) is 4.90 Å². The van der Waals surface area contributed by atoms with Gasteiger partial charge in [0.15, 0.2) is 0 Å². The van der Waals surface area contributed by atoms with Gasteiger partial charge in [-0.25, -0.2) is 4.79 Å². The van der Waals surface area contributed by atoms with Crippen molar-refractivity contribution in [1.82, 2.24) is 15.5 Å². The molecule has 2 unspecified atom stereocenters. The van der Waals surface area contributed by atoms with Crippen molar-refractivity contribution in [2.24, 2.45) is 5.92 Å². The number of nitrogens with one attached hydrogen (secondary N) is 2. The van der Waals surface area contributed by atoms with Gasteiger partial charge in [0.25, 0.3) is 0 Å². The fourth-order valence-corrected chi connectivity index (χ4v) is 3.23. The first-order chi connectivity index (χ1) is 8.33. The number of nitrogens with zero attached hydrogens (tertiary/aromatic N) is 1. The van der Waals surface area contributed by atoms with Gasteiger partial charge in [0, 0.05) is 19.1 Å². The van der Waals surface area contributed by atoms with Gasteiger partial charge in [0.1, 0.15) is 0 Å². The average Bonchev–Trinajstić information content (AvgIpc) is 2.83. The highest BCUT2D eigenvalue weighted by Crippen LogP contribution is 2.31. The standard InChI is InChI=1S/C13H23N3O/c17-13-15-12(10-3-1-4-10)9-16(13)8-6-11-5-2-7-14-11/h10-12,14H,1-9H2,(H,15,17). The summed E-state index contributed by atoms with van der Waals surface area (Å²) in [6, 6.07) is 1.25. The molecule has 3 aliphatic rings. The van der Waals surface area contributed by atoms with Gasteiger partial charge in [-0.2, -0.15) is 0 Å². The van der Waals surface area contributed by atoms with Crippen LogP contribution in [-0.4, -0.2) is 42.6 Å². The van der Waals surface area contributed by atoms with E-state index in [2.05, 4.69) is 10.6 Å². The molecular formula is C13H23N3O. The average molecular weight is 237 g/mol. The largest absolute Gasteiger partial charge is 0.333 e. The fourth-order valence-electron chi connectivity index (χ4n) is 3.23. The molecule has 0 aromatic carbocycles. The van der Waals surface area contributed by atoms with E-state index in [-0.39, 0.29) is 6.03 Å². The molecule has 2 amide bonds. The molecule has 4 nitrogen and oxygen atoms in total. The van der Waals surface area contributed by atoms with Crippen molar-refractivity contribution in [3.05, 3.63) is 0 Å². The molecule has 2 saturated heterocycles. The molecule has 96 valence electrons. The molecule has 0 bridgehead atoms. The normalized spacial score (nSPS) is 33.9. The van der Waals surface area contributed by atoms with Crippen molar-refractivity contribution in [3.63, 3.8) is 0 Å². The van der Waals surface area contributed by atoms with E-state index in [9.17, 15) is 4.79 Å². The van der Waals surface area contributed by atoms with Crippen LogP contribution in [0.2, 0.25) is 0 Å². The quantitative estimate of drug-likeness (QED) is 0.774. The molecular weight excluding hydrogens is 214 g/mol. The minimum atomic E-state index is 0.167. The van der Waals surface area contributed by atoms with Crippen LogP contribution in [0, 0.1) is 5.92 Å². The summed E-state index contributed by atoms with van der Waals surface area (Å²) in [6.07, 6.45) is 7.66. The molecule has 3 fully saturated rings. The smallest absolute Gasteiger partial charge is 0.317 e. The van der Waals surface area contributed by atoms with Gasteiger partial charge in [-0.05, 0) is 44.6 Å². The highest BCUT2D eigenvalue weighted by atomic mass is 16.2. The van der Waals surface area contributed by atoms with E-state index >= 15 is 0 Å². The summed E-state index contributed by atoms with van der Waals surface area (Å²) in [5.74, 6) is 0.758. The molecule has 17 heavy (non-hydrogen) atoms. The molecule has 4 heteroatoms. The summed E-state index contributed by atoms with van der Waals surface area (Å²) in [4.78, 5) is 13.8.